The molecule has 0 fully saturated rings. The van der Waals surface area contributed by atoms with E-state index in [0.717, 1.165) is 12.1 Å². The van der Waals surface area contributed by atoms with E-state index >= 15 is 0 Å². The van der Waals surface area contributed by atoms with Gasteiger partial charge >= 0.3 is 6.36 Å². The predicted molar refractivity (Wildman–Crippen MR) is 47.8 cm³/mol. The SMILES string of the molecule is C=[C]c1cc(OC(F)(F)F)cc([N+](=O)[O-])c1. The molecule has 0 saturated heterocycles. The summed E-state index contributed by atoms with van der Waals surface area (Å²) in [7, 11) is 0. The van der Waals surface area contributed by atoms with Crippen LogP contribution in [-0.4, -0.2) is 11.3 Å². The summed E-state index contributed by atoms with van der Waals surface area (Å²) in [5.41, 5.74) is -0.471. The van der Waals surface area contributed by atoms with Crippen molar-refractivity contribution in [3.63, 3.8) is 0 Å². The Bertz CT molecular complexity index is 428. The Morgan fingerprint density at radius 3 is 2.44 bits per heavy atom. The van der Waals surface area contributed by atoms with Crippen molar-refractivity contribution >= 4 is 5.69 Å². The minimum Gasteiger partial charge on any atom is -0.406 e. The van der Waals surface area contributed by atoms with Crippen LogP contribution in [0.1, 0.15) is 5.56 Å². The van der Waals surface area contributed by atoms with Gasteiger partial charge in [-0.3, -0.25) is 10.1 Å². The Kier molecular flexibility index (Phi) is 3.17. The molecule has 7 heteroatoms. The smallest absolute Gasteiger partial charge is 0.406 e. The highest BCUT2D eigenvalue weighted by Gasteiger charge is 2.31. The van der Waals surface area contributed by atoms with Gasteiger partial charge in [-0.15, -0.1) is 13.2 Å². The molecule has 0 aromatic heterocycles. The van der Waals surface area contributed by atoms with Gasteiger partial charge in [-0.2, -0.15) is 0 Å². The third-order valence-corrected chi connectivity index (χ3v) is 1.54. The molecule has 0 aliphatic heterocycles. The van der Waals surface area contributed by atoms with Crippen LogP contribution in [0.5, 0.6) is 5.75 Å². The zero-order valence-corrected chi connectivity index (χ0v) is 7.75. The van der Waals surface area contributed by atoms with Crippen LogP contribution in [0, 0.1) is 16.2 Å². The Morgan fingerprint density at radius 2 is 2.00 bits per heavy atom. The fraction of sp³-hybridized carbons (Fsp3) is 0.111. The number of non-ortho nitro benzene ring substituents is 1. The van der Waals surface area contributed by atoms with E-state index < -0.39 is 22.7 Å². The highest BCUT2D eigenvalue weighted by atomic mass is 19.4. The van der Waals surface area contributed by atoms with Gasteiger partial charge in [-0.25, -0.2) is 0 Å². The number of hydrogen-bond donors (Lipinski definition) is 0. The van der Waals surface area contributed by atoms with Crippen molar-refractivity contribution in [3.05, 3.63) is 46.5 Å². The lowest BCUT2D eigenvalue weighted by molar-refractivity contribution is -0.385. The van der Waals surface area contributed by atoms with E-state index in [1.54, 1.807) is 0 Å². The van der Waals surface area contributed by atoms with Crippen LogP contribution in [0.25, 0.3) is 0 Å². The molecule has 85 valence electrons. The monoisotopic (exact) mass is 232 g/mol. The Balaban J connectivity index is 3.14. The van der Waals surface area contributed by atoms with Gasteiger partial charge < -0.3 is 4.74 Å². The van der Waals surface area contributed by atoms with Gasteiger partial charge in [0.15, 0.2) is 0 Å². The number of ether oxygens (including phenoxy) is 1. The van der Waals surface area contributed by atoms with Crippen LogP contribution in [-0.2, 0) is 0 Å². The van der Waals surface area contributed by atoms with Gasteiger partial charge in [-0.1, -0.05) is 6.58 Å². The summed E-state index contributed by atoms with van der Waals surface area (Å²) >= 11 is 0. The normalized spacial score (nSPS) is 10.9. The molecule has 0 N–H and O–H groups in total. The number of nitrogens with zero attached hydrogens (tertiary/aromatic N) is 1. The minimum absolute atomic E-state index is 0.0495. The van der Waals surface area contributed by atoms with E-state index in [-0.39, 0.29) is 5.56 Å². The van der Waals surface area contributed by atoms with Gasteiger partial charge in [0.1, 0.15) is 5.75 Å². The molecule has 16 heavy (non-hydrogen) atoms. The lowest BCUT2D eigenvalue weighted by atomic mass is 10.2. The van der Waals surface area contributed by atoms with Crippen molar-refractivity contribution in [2.75, 3.05) is 0 Å². The molecule has 0 saturated carbocycles. The van der Waals surface area contributed by atoms with E-state index in [9.17, 15) is 23.3 Å². The second-order valence-corrected chi connectivity index (χ2v) is 2.70. The summed E-state index contributed by atoms with van der Waals surface area (Å²) < 4.78 is 39.2. The molecule has 0 unspecified atom stereocenters. The van der Waals surface area contributed by atoms with Gasteiger partial charge in [0.2, 0.25) is 0 Å². The summed E-state index contributed by atoms with van der Waals surface area (Å²) in [6.45, 7) is 3.18. The minimum atomic E-state index is -4.90. The van der Waals surface area contributed by atoms with Gasteiger partial charge in [0.05, 0.1) is 11.0 Å². The number of nitro benzene ring substituents is 1. The molecule has 0 aliphatic carbocycles. The number of benzene rings is 1. The van der Waals surface area contributed by atoms with Crippen molar-refractivity contribution in [2.24, 2.45) is 0 Å². The topological polar surface area (TPSA) is 52.4 Å². The van der Waals surface area contributed by atoms with Gasteiger partial charge in [0, 0.05) is 6.07 Å². The van der Waals surface area contributed by atoms with Crippen LogP contribution in [0.2, 0.25) is 0 Å². The molecule has 1 rings (SSSR count). The molecule has 0 heterocycles. The van der Waals surface area contributed by atoms with Crippen molar-refractivity contribution < 1.29 is 22.8 Å². The Labute approximate surface area is 88.1 Å². The second-order valence-electron chi connectivity index (χ2n) is 2.70. The summed E-state index contributed by atoms with van der Waals surface area (Å²) in [4.78, 5) is 9.58. The number of alkyl halides is 3. The molecule has 1 aromatic rings. The molecular formula is C9H5F3NO3. The lowest BCUT2D eigenvalue weighted by Gasteiger charge is -2.08. The fourth-order valence-electron chi connectivity index (χ4n) is 0.983. The molecular weight excluding hydrogens is 227 g/mol. The van der Waals surface area contributed by atoms with E-state index in [2.05, 4.69) is 17.4 Å². The largest absolute Gasteiger partial charge is 0.573 e. The molecule has 1 radical (unpaired) electrons. The van der Waals surface area contributed by atoms with E-state index in [1.807, 2.05) is 0 Å². The number of halogens is 3. The van der Waals surface area contributed by atoms with E-state index in [1.165, 1.54) is 0 Å². The molecule has 1 aromatic carbocycles. The van der Waals surface area contributed by atoms with Crippen molar-refractivity contribution in [3.8, 4) is 5.75 Å². The van der Waals surface area contributed by atoms with Crippen molar-refractivity contribution in [1.29, 1.82) is 0 Å². The average molecular weight is 232 g/mol. The van der Waals surface area contributed by atoms with Gasteiger partial charge in [-0.05, 0) is 17.7 Å². The van der Waals surface area contributed by atoms with Crippen molar-refractivity contribution in [2.45, 2.75) is 6.36 Å². The van der Waals surface area contributed by atoms with E-state index in [0.29, 0.717) is 6.07 Å². The first-order valence-corrected chi connectivity index (χ1v) is 3.90. The number of nitro groups is 1. The first-order chi connectivity index (χ1) is 7.31. The molecule has 0 atom stereocenters. The first kappa shape index (κ1) is 12.0. The Hall–Kier alpha value is -2.05. The fourth-order valence-corrected chi connectivity index (χ4v) is 0.983. The standard InChI is InChI=1S/C9H5F3NO3/c1-2-6-3-7(13(14)15)5-8(4-6)16-9(10,11)12/h3-5H,1H2. The first-order valence-electron chi connectivity index (χ1n) is 3.90. The third kappa shape index (κ3) is 3.26. The predicted octanol–water partition coefficient (Wildman–Crippen LogP) is 2.83. The van der Waals surface area contributed by atoms with Crippen molar-refractivity contribution in [1.82, 2.24) is 0 Å². The summed E-state index contributed by atoms with van der Waals surface area (Å²) in [5.74, 6) is -0.673. The summed E-state index contributed by atoms with van der Waals surface area (Å²) in [6.07, 6.45) is -2.65. The lowest BCUT2D eigenvalue weighted by Crippen LogP contribution is -2.17. The molecule has 0 aliphatic rings. The van der Waals surface area contributed by atoms with E-state index in [4.69, 9.17) is 0 Å². The number of hydrogen-bond acceptors (Lipinski definition) is 3. The maximum absolute atomic E-state index is 11.9. The maximum atomic E-state index is 11.9. The quantitative estimate of drug-likeness (QED) is 0.594. The Morgan fingerprint density at radius 1 is 1.38 bits per heavy atom. The van der Waals surface area contributed by atoms with Crippen LogP contribution < -0.4 is 4.74 Å². The third-order valence-electron chi connectivity index (χ3n) is 1.54. The van der Waals surface area contributed by atoms with Crippen LogP contribution >= 0.6 is 0 Å². The average Bonchev–Trinajstić information content (AvgIpc) is 2.14. The van der Waals surface area contributed by atoms with Crippen LogP contribution in [0.15, 0.2) is 24.8 Å². The zero-order valence-electron chi connectivity index (χ0n) is 7.75. The number of rotatable bonds is 3. The van der Waals surface area contributed by atoms with Crippen LogP contribution in [0.4, 0.5) is 18.9 Å². The highest BCUT2D eigenvalue weighted by molar-refractivity contribution is 5.44. The maximum Gasteiger partial charge on any atom is 0.573 e. The molecule has 0 bridgehead atoms. The van der Waals surface area contributed by atoms with Crippen LogP contribution in [0.3, 0.4) is 0 Å². The zero-order chi connectivity index (χ0) is 12.3. The second kappa shape index (κ2) is 4.21. The van der Waals surface area contributed by atoms with Gasteiger partial charge in [0.25, 0.3) is 5.69 Å². The molecule has 0 amide bonds. The highest BCUT2D eigenvalue weighted by Crippen LogP contribution is 2.27. The molecule has 0 spiro atoms. The molecule has 4 nitrogen and oxygen atoms in total. The summed E-state index contributed by atoms with van der Waals surface area (Å²) in [6, 6.07) is 2.66. The summed E-state index contributed by atoms with van der Waals surface area (Å²) in [5, 5.41) is 10.4.